The number of amides is 1. The van der Waals surface area contributed by atoms with Crippen LogP contribution in [-0.2, 0) is 4.79 Å². The molecular weight excluding hydrogens is 401 g/mol. The maximum atomic E-state index is 11.0. The molecule has 3 N–H and O–H groups in total. The second-order valence-corrected chi connectivity index (χ2v) is 6.70. The summed E-state index contributed by atoms with van der Waals surface area (Å²) < 4.78 is 0. The fourth-order valence-corrected chi connectivity index (χ4v) is 3.75. The van der Waals surface area contributed by atoms with E-state index in [4.69, 9.17) is 5.73 Å². The van der Waals surface area contributed by atoms with Crippen LogP contribution >= 0.6 is 24.0 Å². The minimum absolute atomic E-state index is 0. The topological polar surface area (TPSA) is 67.5 Å². The molecule has 4 aliphatic rings. The van der Waals surface area contributed by atoms with Crippen molar-refractivity contribution in [3.05, 3.63) is 22.5 Å². The number of aliphatic imine (C=N–C) groups is 1. The Balaban J connectivity index is 0.000000160. The summed E-state index contributed by atoms with van der Waals surface area (Å²) in [7, 11) is 0. The molecule has 128 valence electrons. The van der Waals surface area contributed by atoms with Gasteiger partial charge in [0.25, 0.3) is 0 Å². The number of nitrogens with two attached hydrogens (primary N) is 1. The van der Waals surface area contributed by atoms with Crippen LogP contribution in [-0.4, -0.2) is 11.7 Å². The summed E-state index contributed by atoms with van der Waals surface area (Å²) in [6.45, 7) is 0. The molecule has 0 aromatic carbocycles. The number of nitrogens with zero attached hydrogens (tertiary/aromatic N) is 1. The first-order valence-electron chi connectivity index (χ1n) is 8.77. The number of allylic oxidation sites excluding steroid dienone is 4. The van der Waals surface area contributed by atoms with Crippen molar-refractivity contribution >= 4 is 35.7 Å². The van der Waals surface area contributed by atoms with E-state index in [1.165, 1.54) is 61.9 Å². The Morgan fingerprint density at radius 1 is 0.783 bits per heavy atom. The van der Waals surface area contributed by atoms with E-state index in [2.05, 4.69) is 10.3 Å². The van der Waals surface area contributed by atoms with Crippen LogP contribution in [0.25, 0.3) is 0 Å². The van der Waals surface area contributed by atoms with Gasteiger partial charge in [-0.3, -0.25) is 4.79 Å². The highest BCUT2D eigenvalue weighted by Crippen LogP contribution is 2.31. The number of nitrogens with one attached hydrogen (secondary N) is 1. The van der Waals surface area contributed by atoms with Crippen molar-refractivity contribution in [2.75, 3.05) is 0 Å². The normalized spacial score (nSPS) is 23.5. The van der Waals surface area contributed by atoms with Crippen LogP contribution in [0.3, 0.4) is 0 Å². The lowest BCUT2D eigenvalue weighted by molar-refractivity contribution is -0.120. The highest BCUT2D eigenvalue weighted by molar-refractivity contribution is 14.0. The molecule has 5 heteroatoms. The molecule has 0 atom stereocenters. The number of hydrogen-bond donors (Lipinski definition) is 2. The van der Waals surface area contributed by atoms with E-state index in [0.29, 0.717) is 6.42 Å². The van der Waals surface area contributed by atoms with Crippen LogP contribution in [0.2, 0.25) is 0 Å². The van der Waals surface area contributed by atoms with Crippen molar-refractivity contribution in [2.45, 2.75) is 77.0 Å². The molecule has 0 saturated carbocycles. The Kier molecular flexibility index (Phi) is 7.11. The fraction of sp³-hybridized carbons (Fsp3) is 0.667. The molecule has 1 amide bonds. The molecule has 2 aliphatic carbocycles. The standard InChI is InChI=1S/C9H14N2.C9H13NO.HI/c10-9-6-5-7-3-1-2-4-8(7)11-9;11-9-6-5-7-3-1-2-4-8(7)10-9;/h1-6H2,(H2,10,11);1-6H2,(H,10,11);1H. The maximum Gasteiger partial charge on any atom is 0.224 e. The van der Waals surface area contributed by atoms with Crippen LogP contribution in [0.5, 0.6) is 0 Å². The summed E-state index contributed by atoms with van der Waals surface area (Å²) in [5, 5.41) is 2.96. The van der Waals surface area contributed by atoms with Gasteiger partial charge in [0, 0.05) is 24.2 Å². The zero-order valence-electron chi connectivity index (χ0n) is 13.8. The van der Waals surface area contributed by atoms with Crippen LogP contribution in [0, 0.1) is 0 Å². The van der Waals surface area contributed by atoms with E-state index in [9.17, 15) is 4.79 Å². The number of carbonyl (C=O) groups excluding carboxylic acids is 1. The van der Waals surface area contributed by atoms with Crippen LogP contribution in [0.4, 0.5) is 0 Å². The monoisotopic (exact) mass is 429 g/mol. The summed E-state index contributed by atoms with van der Waals surface area (Å²) in [5.74, 6) is 1.05. The Bertz CT molecular complexity index is 548. The summed E-state index contributed by atoms with van der Waals surface area (Å²) in [5.41, 5.74) is 11.3. The smallest absolute Gasteiger partial charge is 0.224 e. The minimum Gasteiger partial charge on any atom is -0.387 e. The van der Waals surface area contributed by atoms with Gasteiger partial charge >= 0.3 is 0 Å². The third-order valence-electron chi connectivity index (χ3n) is 5.04. The second-order valence-electron chi connectivity index (χ2n) is 6.70. The molecule has 4 nitrogen and oxygen atoms in total. The lowest BCUT2D eigenvalue weighted by atomic mass is 9.90. The van der Waals surface area contributed by atoms with E-state index >= 15 is 0 Å². The van der Waals surface area contributed by atoms with E-state index < -0.39 is 0 Å². The molecule has 0 unspecified atom stereocenters. The summed E-state index contributed by atoms with van der Waals surface area (Å²) in [6, 6.07) is 0. The third-order valence-corrected chi connectivity index (χ3v) is 5.04. The number of carbonyl (C=O) groups is 1. The van der Waals surface area contributed by atoms with Crippen molar-refractivity contribution in [1.29, 1.82) is 0 Å². The van der Waals surface area contributed by atoms with Gasteiger partial charge in [-0.15, -0.1) is 24.0 Å². The Hall–Kier alpha value is -0.850. The summed E-state index contributed by atoms with van der Waals surface area (Å²) in [4.78, 5) is 15.4. The molecule has 0 bridgehead atoms. The summed E-state index contributed by atoms with van der Waals surface area (Å²) >= 11 is 0. The van der Waals surface area contributed by atoms with E-state index in [1.807, 2.05) is 0 Å². The quantitative estimate of drug-likeness (QED) is 0.564. The number of amidine groups is 1. The molecular formula is C18H28IN3O. The lowest BCUT2D eigenvalue weighted by Gasteiger charge is -2.24. The largest absolute Gasteiger partial charge is 0.387 e. The van der Waals surface area contributed by atoms with Gasteiger partial charge in [0.1, 0.15) is 0 Å². The van der Waals surface area contributed by atoms with Gasteiger partial charge in [-0.05, 0) is 69.8 Å². The van der Waals surface area contributed by atoms with Gasteiger partial charge in [0.15, 0.2) is 0 Å². The molecule has 4 rings (SSSR count). The molecule has 0 aromatic heterocycles. The van der Waals surface area contributed by atoms with Gasteiger partial charge in [-0.2, -0.15) is 0 Å². The fourth-order valence-electron chi connectivity index (χ4n) is 3.75. The van der Waals surface area contributed by atoms with Crippen LogP contribution < -0.4 is 11.1 Å². The lowest BCUT2D eigenvalue weighted by Crippen LogP contribution is -2.29. The van der Waals surface area contributed by atoms with Crippen molar-refractivity contribution in [2.24, 2.45) is 10.7 Å². The van der Waals surface area contributed by atoms with E-state index in [1.54, 1.807) is 5.57 Å². The molecule has 2 aliphatic heterocycles. The van der Waals surface area contributed by atoms with Crippen LogP contribution in [0.1, 0.15) is 77.0 Å². The Morgan fingerprint density at radius 3 is 2.26 bits per heavy atom. The predicted molar refractivity (Wildman–Crippen MR) is 105 cm³/mol. The Labute approximate surface area is 156 Å². The van der Waals surface area contributed by atoms with E-state index in [-0.39, 0.29) is 29.9 Å². The van der Waals surface area contributed by atoms with Crippen molar-refractivity contribution < 1.29 is 4.79 Å². The molecule has 0 spiro atoms. The van der Waals surface area contributed by atoms with Crippen LogP contribution in [0.15, 0.2) is 27.5 Å². The average molecular weight is 429 g/mol. The highest BCUT2D eigenvalue weighted by Gasteiger charge is 2.19. The first-order valence-corrected chi connectivity index (χ1v) is 8.77. The zero-order chi connectivity index (χ0) is 15.4. The molecule has 0 aromatic rings. The van der Waals surface area contributed by atoms with Gasteiger partial charge in [-0.25, -0.2) is 4.99 Å². The molecule has 0 saturated heterocycles. The average Bonchev–Trinajstić information content (AvgIpc) is 2.55. The Morgan fingerprint density at radius 2 is 1.43 bits per heavy atom. The third kappa shape index (κ3) is 5.06. The number of halogens is 1. The van der Waals surface area contributed by atoms with Crippen molar-refractivity contribution in [1.82, 2.24) is 5.32 Å². The van der Waals surface area contributed by atoms with Gasteiger partial charge < -0.3 is 11.1 Å². The SMILES string of the molecule is I.NC1=NC2=C(CCCC2)CC1.O=C1CCC2=C(CCCC2)N1. The first kappa shape index (κ1) is 18.5. The zero-order valence-corrected chi connectivity index (χ0v) is 16.2. The summed E-state index contributed by atoms with van der Waals surface area (Å²) in [6.07, 6.45) is 13.8. The van der Waals surface area contributed by atoms with Gasteiger partial charge in [0.2, 0.25) is 5.91 Å². The van der Waals surface area contributed by atoms with Crippen molar-refractivity contribution in [3.63, 3.8) is 0 Å². The maximum absolute atomic E-state index is 11.0. The predicted octanol–water partition coefficient (Wildman–Crippen LogP) is 4.31. The number of hydrogen-bond acceptors (Lipinski definition) is 3. The minimum atomic E-state index is 0. The molecule has 0 fully saturated rings. The van der Waals surface area contributed by atoms with Gasteiger partial charge in [-0.1, -0.05) is 5.57 Å². The van der Waals surface area contributed by atoms with Crippen molar-refractivity contribution in [3.8, 4) is 0 Å². The first-order chi connectivity index (χ1) is 10.7. The van der Waals surface area contributed by atoms with E-state index in [0.717, 1.165) is 31.5 Å². The molecule has 0 radical (unpaired) electrons. The highest BCUT2D eigenvalue weighted by atomic mass is 127. The molecule has 23 heavy (non-hydrogen) atoms. The number of rotatable bonds is 0. The second kappa shape index (κ2) is 8.85. The van der Waals surface area contributed by atoms with Gasteiger partial charge in [0.05, 0.1) is 5.84 Å². The molecule has 2 heterocycles.